The second-order valence-corrected chi connectivity index (χ2v) is 5.24. The molecule has 0 saturated heterocycles. The van der Waals surface area contributed by atoms with Gasteiger partial charge >= 0.3 is 0 Å². The summed E-state index contributed by atoms with van der Waals surface area (Å²) < 4.78 is 0. The largest absolute Gasteiger partial charge is 0.381 e. The zero-order valence-corrected chi connectivity index (χ0v) is 11.1. The van der Waals surface area contributed by atoms with E-state index < -0.39 is 0 Å². The molecule has 2 nitrogen and oxygen atoms in total. The molecule has 0 amide bonds. The van der Waals surface area contributed by atoms with Gasteiger partial charge in [0.1, 0.15) is 0 Å². The average Bonchev–Trinajstić information content (AvgIpc) is 2.58. The second kappa shape index (κ2) is 5.95. The van der Waals surface area contributed by atoms with Crippen molar-refractivity contribution in [2.45, 2.75) is 44.6 Å². The summed E-state index contributed by atoms with van der Waals surface area (Å²) in [6.07, 6.45) is 8.22. The highest BCUT2D eigenvalue weighted by Crippen LogP contribution is 2.27. The number of nitrogens with one attached hydrogen (secondary N) is 1. The van der Waals surface area contributed by atoms with Crippen molar-refractivity contribution in [3.63, 3.8) is 0 Å². The normalized spacial score (nSPS) is 17.5. The van der Waals surface area contributed by atoms with Gasteiger partial charge in [-0.25, -0.2) is 0 Å². The molecule has 1 N–H and O–H groups in total. The van der Waals surface area contributed by atoms with Crippen molar-refractivity contribution in [3.05, 3.63) is 24.3 Å². The molecule has 17 heavy (non-hydrogen) atoms. The van der Waals surface area contributed by atoms with Crippen LogP contribution in [0.25, 0.3) is 0 Å². The molecule has 0 heterocycles. The van der Waals surface area contributed by atoms with Crippen molar-refractivity contribution in [2.24, 2.45) is 0 Å². The van der Waals surface area contributed by atoms with Gasteiger partial charge in [-0.15, -0.1) is 0 Å². The fourth-order valence-corrected chi connectivity index (χ4v) is 2.63. The van der Waals surface area contributed by atoms with Gasteiger partial charge in [0.25, 0.3) is 0 Å². The van der Waals surface area contributed by atoms with Gasteiger partial charge in [0, 0.05) is 20.1 Å². The molecular weight excluding hydrogens is 208 g/mol. The molecule has 1 aromatic carbocycles. The zero-order valence-electron chi connectivity index (χ0n) is 11.1. The van der Waals surface area contributed by atoms with Crippen molar-refractivity contribution in [3.8, 4) is 0 Å². The maximum absolute atomic E-state index is 3.73. The van der Waals surface area contributed by atoms with Gasteiger partial charge < -0.3 is 10.2 Å². The molecule has 1 aliphatic rings. The van der Waals surface area contributed by atoms with Crippen LogP contribution in [0, 0.1) is 0 Å². The van der Waals surface area contributed by atoms with E-state index in [-0.39, 0.29) is 0 Å². The predicted octanol–water partition coefficient (Wildman–Crippen LogP) is 3.89. The van der Waals surface area contributed by atoms with Gasteiger partial charge in [0.2, 0.25) is 0 Å². The van der Waals surface area contributed by atoms with Crippen molar-refractivity contribution < 1.29 is 0 Å². The maximum Gasteiger partial charge on any atom is 0.0596 e. The minimum Gasteiger partial charge on any atom is -0.381 e. The van der Waals surface area contributed by atoms with Gasteiger partial charge in [-0.1, -0.05) is 37.8 Å². The average molecular weight is 232 g/mol. The number of hydrogen-bond acceptors (Lipinski definition) is 2. The van der Waals surface area contributed by atoms with Gasteiger partial charge in [0.15, 0.2) is 0 Å². The highest BCUT2D eigenvalue weighted by molar-refractivity contribution is 5.69. The van der Waals surface area contributed by atoms with Crippen LogP contribution in [0.4, 0.5) is 11.4 Å². The first-order chi connectivity index (χ1) is 8.27. The quantitative estimate of drug-likeness (QED) is 0.795. The Kier molecular flexibility index (Phi) is 4.29. The van der Waals surface area contributed by atoms with E-state index >= 15 is 0 Å². The fraction of sp³-hybridized carbons (Fsp3) is 0.600. The van der Waals surface area contributed by atoms with Crippen molar-refractivity contribution >= 4 is 11.4 Å². The number of benzene rings is 1. The van der Waals surface area contributed by atoms with Crippen LogP contribution in [0.1, 0.15) is 38.5 Å². The smallest absolute Gasteiger partial charge is 0.0596 e. The molecule has 1 aromatic rings. The van der Waals surface area contributed by atoms with Crippen LogP contribution in [-0.4, -0.2) is 20.1 Å². The van der Waals surface area contributed by atoms with E-state index in [4.69, 9.17) is 0 Å². The van der Waals surface area contributed by atoms with E-state index in [9.17, 15) is 0 Å². The van der Waals surface area contributed by atoms with Gasteiger partial charge in [-0.05, 0) is 25.0 Å². The molecule has 0 aliphatic heterocycles. The summed E-state index contributed by atoms with van der Waals surface area (Å²) in [4.78, 5) is 2.18. The van der Waals surface area contributed by atoms with Crippen molar-refractivity contribution in [1.82, 2.24) is 0 Å². The molecule has 94 valence electrons. The Hall–Kier alpha value is -1.18. The Morgan fingerprint density at radius 1 is 1.00 bits per heavy atom. The summed E-state index contributed by atoms with van der Waals surface area (Å²) in [6.45, 7) is 0. The standard InChI is InChI=1S/C15H24N2/c1-17(2)15-12-8-7-11-14(15)16-13-9-5-3-4-6-10-13/h7-8,11-13,16H,3-6,9-10H2,1-2H3. The van der Waals surface area contributed by atoms with Crippen LogP contribution < -0.4 is 10.2 Å². The summed E-state index contributed by atoms with van der Waals surface area (Å²) in [5.74, 6) is 0. The summed E-state index contributed by atoms with van der Waals surface area (Å²) in [6, 6.07) is 9.26. The van der Waals surface area contributed by atoms with E-state index in [0.29, 0.717) is 6.04 Å². The third-order valence-corrected chi connectivity index (χ3v) is 3.60. The lowest BCUT2D eigenvalue weighted by molar-refractivity contribution is 0.620. The monoisotopic (exact) mass is 232 g/mol. The first kappa shape index (κ1) is 12.3. The highest BCUT2D eigenvalue weighted by Gasteiger charge is 2.13. The maximum atomic E-state index is 3.73. The van der Waals surface area contributed by atoms with E-state index in [1.54, 1.807) is 0 Å². The van der Waals surface area contributed by atoms with Crippen LogP contribution in [-0.2, 0) is 0 Å². The third-order valence-electron chi connectivity index (χ3n) is 3.60. The molecular formula is C15H24N2. The Morgan fingerprint density at radius 2 is 1.65 bits per heavy atom. The predicted molar refractivity (Wildman–Crippen MR) is 75.9 cm³/mol. The van der Waals surface area contributed by atoms with Gasteiger partial charge in [-0.3, -0.25) is 0 Å². The SMILES string of the molecule is CN(C)c1ccccc1NC1CCCCCC1. The topological polar surface area (TPSA) is 15.3 Å². The summed E-state index contributed by atoms with van der Waals surface area (Å²) in [7, 11) is 4.21. The van der Waals surface area contributed by atoms with E-state index in [0.717, 1.165) is 0 Å². The molecule has 0 atom stereocenters. The molecule has 0 radical (unpaired) electrons. The molecule has 2 rings (SSSR count). The first-order valence-corrected chi connectivity index (χ1v) is 6.80. The highest BCUT2D eigenvalue weighted by atomic mass is 15.1. The summed E-state index contributed by atoms with van der Waals surface area (Å²) >= 11 is 0. The lowest BCUT2D eigenvalue weighted by atomic mass is 10.1. The van der Waals surface area contributed by atoms with Crippen molar-refractivity contribution in [1.29, 1.82) is 0 Å². The van der Waals surface area contributed by atoms with E-state index in [1.807, 2.05) is 0 Å². The molecule has 2 heteroatoms. The minimum absolute atomic E-state index is 0.665. The molecule has 0 spiro atoms. The van der Waals surface area contributed by atoms with Crippen LogP contribution in [0.2, 0.25) is 0 Å². The first-order valence-electron chi connectivity index (χ1n) is 6.80. The van der Waals surface area contributed by atoms with E-state index in [1.165, 1.54) is 49.9 Å². The molecule has 0 unspecified atom stereocenters. The zero-order chi connectivity index (χ0) is 12.1. The van der Waals surface area contributed by atoms with E-state index in [2.05, 4.69) is 48.6 Å². The van der Waals surface area contributed by atoms with Crippen molar-refractivity contribution in [2.75, 3.05) is 24.3 Å². The number of anilines is 2. The van der Waals surface area contributed by atoms with Crippen LogP contribution in [0.5, 0.6) is 0 Å². The Labute approximate surface area is 105 Å². The van der Waals surface area contributed by atoms with Crippen LogP contribution in [0.3, 0.4) is 0 Å². The van der Waals surface area contributed by atoms with Crippen LogP contribution in [0.15, 0.2) is 24.3 Å². The van der Waals surface area contributed by atoms with Gasteiger partial charge in [-0.2, -0.15) is 0 Å². The Morgan fingerprint density at radius 3 is 2.29 bits per heavy atom. The van der Waals surface area contributed by atoms with Crippen LogP contribution >= 0.6 is 0 Å². The summed E-state index contributed by atoms with van der Waals surface area (Å²) in [5.41, 5.74) is 2.57. The second-order valence-electron chi connectivity index (χ2n) is 5.24. The lowest BCUT2D eigenvalue weighted by Crippen LogP contribution is -2.20. The summed E-state index contributed by atoms with van der Waals surface area (Å²) in [5, 5.41) is 3.73. The lowest BCUT2D eigenvalue weighted by Gasteiger charge is -2.23. The number of hydrogen-bond donors (Lipinski definition) is 1. The minimum atomic E-state index is 0.665. The molecule has 1 saturated carbocycles. The number of rotatable bonds is 3. The molecule has 1 aliphatic carbocycles. The molecule has 0 aromatic heterocycles. The number of nitrogens with zero attached hydrogens (tertiary/aromatic N) is 1. The third kappa shape index (κ3) is 3.39. The number of para-hydroxylation sites is 2. The molecule has 1 fully saturated rings. The fourth-order valence-electron chi connectivity index (χ4n) is 2.63. The molecule has 0 bridgehead atoms. The Balaban J connectivity index is 2.06. The van der Waals surface area contributed by atoms with Gasteiger partial charge in [0.05, 0.1) is 11.4 Å². The Bertz CT molecular complexity index is 339.